The fourth-order valence-corrected chi connectivity index (χ4v) is 1.89. The van der Waals surface area contributed by atoms with Gasteiger partial charge in [0, 0.05) is 4.47 Å². The summed E-state index contributed by atoms with van der Waals surface area (Å²) in [5, 5.41) is 16.5. The molecule has 0 amide bonds. The first-order valence-corrected chi connectivity index (χ1v) is 5.75. The molecule has 0 atom stereocenters. The SMILES string of the molecule is Cc1ccc(Br)cc1-n1nncc1CC(=O)O. The van der Waals surface area contributed by atoms with E-state index in [4.69, 9.17) is 5.11 Å². The molecule has 0 radical (unpaired) electrons. The maximum absolute atomic E-state index is 10.7. The first kappa shape index (κ1) is 11.8. The van der Waals surface area contributed by atoms with E-state index in [1.54, 1.807) is 4.68 Å². The Hall–Kier alpha value is -1.69. The van der Waals surface area contributed by atoms with E-state index < -0.39 is 5.97 Å². The van der Waals surface area contributed by atoms with Gasteiger partial charge >= 0.3 is 5.97 Å². The molecule has 17 heavy (non-hydrogen) atoms. The van der Waals surface area contributed by atoms with E-state index in [1.165, 1.54) is 6.20 Å². The number of carboxylic acid groups (broad SMARTS) is 1. The largest absolute Gasteiger partial charge is 0.481 e. The molecule has 0 aliphatic heterocycles. The predicted octanol–water partition coefficient (Wildman–Crippen LogP) is 1.97. The molecule has 0 aliphatic rings. The second kappa shape index (κ2) is 4.67. The second-order valence-corrected chi connectivity index (χ2v) is 4.55. The van der Waals surface area contributed by atoms with E-state index in [0.29, 0.717) is 5.69 Å². The van der Waals surface area contributed by atoms with E-state index in [0.717, 1.165) is 15.7 Å². The van der Waals surface area contributed by atoms with Crippen LogP contribution in [-0.2, 0) is 11.2 Å². The average molecular weight is 296 g/mol. The number of carboxylic acids is 1. The monoisotopic (exact) mass is 295 g/mol. The zero-order valence-corrected chi connectivity index (χ0v) is 10.7. The van der Waals surface area contributed by atoms with Gasteiger partial charge in [-0.2, -0.15) is 0 Å². The summed E-state index contributed by atoms with van der Waals surface area (Å²) in [5.74, 6) is -0.902. The highest BCUT2D eigenvalue weighted by atomic mass is 79.9. The van der Waals surface area contributed by atoms with Crippen molar-refractivity contribution in [2.24, 2.45) is 0 Å². The third kappa shape index (κ3) is 2.52. The number of carbonyl (C=O) groups is 1. The van der Waals surface area contributed by atoms with Crippen molar-refractivity contribution >= 4 is 21.9 Å². The number of aromatic nitrogens is 3. The number of halogens is 1. The smallest absolute Gasteiger partial charge is 0.309 e. The van der Waals surface area contributed by atoms with Crippen molar-refractivity contribution < 1.29 is 9.90 Å². The molecule has 1 heterocycles. The van der Waals surface area contributed by atoms with Gasteiger partial charge in [0.15, 0.2) is 0 Å². The van der Waals surface area contributed by atoms with Crippen molar-refractivity contribution in [3.63, 3.8) is 0 Å². The van der Waals surface area contributed by atoms with Crippen LogP contribution in [0.3, 0.4) is 0 Å². The first-order valence-electron chi connectivity index (χ1n) is 4.96. The van der Waals surface area contributed by atoms with Crippen molar-refractivity contribution in [1.29, 1.82) is 0 Å². The van der Waals surface area contributed by atoms with Crippen LogP contribution in [0.15, 0.2) is 28.9 Å². The van der Waals surface area contributed by atoms with Crippen LogP contribution in [-0.4, -0.2) is 26.1 Å². The van der Waals surface area contributed by atoms with Gasteiger partial charge < -0.3 is 5.11 Å². The normalized spacial score (nSPS) is 10.5. The fraction of sp³-hybridized carbons (Fsp3) is 0.182. The topological polar surface area (TPSA) is 68.0 Å². The molecular weight excluding hydrogens is 286 g/mol. The van der Waals surface area contributed by atoms with Crippen LogP contribution in [0.1, 0.15) is 11.3 Å². The van der Waals surface area contributed by atoms with Gasteiger partial charge in [-0.3, -0.25) is 4.79 Å². The Bertz CT molecular complexity index is 566. The number of aliphatic carboxylic acids is 1. The number of hydrogen-bond donors (Lipinski definition) is 1. The molecule has 5 nitrogen and oxygen atoms in total. The van der Waals surface area contributed by atoms with Crippen LogP contribution in [0.4, 0.5) is 0 Å². The van der Waals surface area contributed by atoms with Gasteiger partial charge in [-0.05, 0) is 24.6 Å². The molecule has 0 unspecified atom stereocenters. The van der Waals surface area contributed by atoms with E-state index in [2.05, 4.69) is 26.2 Å². The molecule has 0 bridgehead atoms. The van der Waals surface area contributed by atoms with Crippen LogP contribution >= 0.6 is 15.9 Å². The van der Waals surface area contributed by atoms with Gasteiger partial charge in [0.2, 0.25) is 0 Å². The average Bonchev–Trinajstić information content (AvgIpc) is 2.69. The number of hydrogen-bond acceptors (Lipinski definition) is 3. The van der Waals surface area contributed by atoms with Gasteiger partial charge in [-0.25, -0.2) is 4.68 Å². The summed E-state index contributed by atoms with van der Waals surface area (Å²) in [6.45, 7) is 1.94. The zero-order chi connectivity index (χ0) is 12.4. The Labute approximate surface area is 106 Å². The highest BCUT2D eigenvalue weighted by Gasteiger charge is 2.11. The van der Waals surface area contributed by atoms with Crippen molar-refractivity contribution in [2.75, 3.05) is 0 Å². The molecule has 1 aromatic heterocycles. The molecular formula is C11H10BrN3O2. The summed E-state index contributed by atoms with van der Waals surface area (Å²) >= 11 is 3.38. The van der Waals surface area contributed by atoms with Gasteiger partial charge in [0.05, 0.1) is 24.0 Å². The number of rotatable bonds is 3. The third-order valence-corrected chi connectivity index (χ3v) is 2.84. The first-order chi connectivity index (χ1) is 8.08. The van der Waals surface area contributed by atoms with Gasteiger partial charge in [-0.15, -0.1) is 5.10 Å². The molecule has 6 heteroatoms. The summed E-state index contributed by atoms with van der Waals surface area (Å²) in [4.78, 5) is 10.7. The van der Waals surface area contributed by atoms with Crippen LogP contribution in [0.2, 0.25) is 0 Å². The molecule has 0 spiro atoms. The number of benzene rings is 1. The summed E-state index contributed by atoms with van der Waals surface area (Å²) in [6, 6.07) is 5.74. The summed E-state index contributed by atoms with van der Waals surface area (Å²) in [7, 11) is 0. The molecule has 0 aliphatic carbocycles. The van der Waals surface area contributed by atoms with E-state index in [1.807, 2.05) is 25.1 Å². The maximum atomic E-state index is 10.7. The summed E-state index contributed by atoms with van der Waals surface area (Å²) in [5.41, 5.74) is 2.39. The van der Waals surface area contributed by atoms with Crippen molar-refractivity contribution in [2.45, 2.75) is 13.3 Å². The van der Waals surface area contributed by atoms with Gasteiger partial charge in [-0.1, -0.05) is 27.2 Å². The van der Waals surface area contributed by atoms with Gasteiger partial charge in [0.1, 0.15) is 0 Å². The summed E-state index contributed by atoms with van der Waals surface area (Å²) < 4.78 is 2.46. The van der Waals surface area contributed by atoms with Crippen molar-refractivity contribution in [1.82, 2.24) is 15.0 Å². The Kier molecular flexibility index (Phi) is 3.23. The maximum Gasteiger partial charge on any atom is 0.309 e. The van der Waals surface area contributed by atoms with E-state index >= 15 is 0 Å². The minimum Gasteiger partial charge on any atom is -0.481 e. The Balaban J connectivity index is 2.49. The van der Waals surface area contributed by atoms with Crippen molar-refractivity contribution in [3.8, 4) is 5.69 Å². The van der Waals surface area contributed by atoms with Crippen molar-refractivity contribution in [3.05, 3.63) is 40.1 Å². The van der Waals surface area contributed by atoms with Crippen LogP contribution < -0.4 is 0 Å². The molecule has 0 saturated heterocycles. The minimum atomic E-state index is -0.902. The van der Waals surface area contributed by atoms with Crippen LogP contribution in [0.5, 0.6) is 0 Å². The minimum absolute atomic E-state index is 0.0983. The fourth-order valence-electron chi connectivity index (χ4n) is 1.55. The molecule has 2 rings (SSSR count). The molecule has 2 aromatic rings. The molecule has 1 aromatic carbocycles. The van der Waals surface area contributed by atoms with Gasteiger partial charge in [0.25, 0.3) is 0 Å². The second-order valence-electron chi connectivity index (χ2n) is 3.64. The standard InChI is InChI=1S/C11H10BrN3O2/c1-7-2-3-8(12)4-10(7)15-9(5-11(16)17)6-13-14-15/h2-4,6H,5H2,1H3,(H,16,17). The molecule has 1 N–H and O–H groups in total. The number of aryl methyl sites for hydroxylation is 1. The molecule has 0 saturated carbocycles. The Morgan fingerprint density at radius 3 is 3.00 bits per heavy atom. The Morgan fingerprint density at radius 1 is 1.53 bits per heavy atom. The molecule has 0 fully saturated rings. The zero-order valence-electron chi connectivity index (χ0n) is 9.09. The quantitative estimate of drug-likeness (QED) is 0.940. The van der Waals surface area contributed by atoms with E-state index in [-0.39, 0.29) is 6.42 Å². The van der Waals surface area contributed by atoms with Crippen LogP contribution in [0, 0.1) is 6.92 Å². The highest BCUT2D eigenvalue weighted by molar-refractivity contribution is 9.10. The predicted molar refractivity (Wildman–Crippen MR) is 65.1 cm³/mol. The lowest BCUT2D eigenvalue weighted by Crippen LogP contribution is -2.09. The number of nitrogens with zero attached hydrogens (tertiary/aromatic N) is 3. The van der Waals surface area contributed by atoms with E-state index in [9.17, 15) is 4.79 Å². The Morgan fingerprint density at radius 2 is 2.29 bits per heavy atom. The summed E-state index contributed by atoms with van der Waals surface area (Å²) in [6.07, 6.45) is 1.37. The highest BCUT2D eigenvalue weighted by Crippen LogP contribution is 2.20. The lowest BCUT2D eigenvalue weighted by atomic mass is 10.2. The molecule has 88 valence electrons. The van der Waals surface area contributed by atoms with Crippen LogP contribution in [0.25, 0.3) is 5.69 Å². The lowest BCUT2D eigenvalue weighted by Gasteiger charge is -2.08. The third-order valence-electron chi connectivity index (χ3n) is 2.35. The lowest BCUT2D eigenvalue weighted by molar-refractivity contribution is -0.136.